The molecule has 440 valence electrons. The highest BCUT2D eigenvalue weighted by molar-refractivity contribution is 7.47. The van der Waals surface area contributed by atoms with Crippen molar-refractivity contribution in [3.8, 4) is 0 Å². The average molecular weight is 1090 g/mol. The summed E-state index contributed by atoms with van der Waals surface area (Å²) < 4.78 is 44.5. The van der Waals surface area contributed by atoms with Crippen LogP contribution in [-0.2, 0) is 27.2 Å². The van der Waals surface area contributed by atoms with Crippen LogP contribution in [0.5, 0.6) is 0 Å². The molecule has 0 saturated heterocycles. The van der Waals surface area contributed by atoms with Gasteiger partial charge in [-0.1, -0.05) is 256 Å². The fourth-order valence-electron chi connectivity index (χ4n) is 8.78. The molecule has 0 radical (unpaired) electrons. The smallest absolute Gasteiger partial charge is 0.302 e. The molecule has 0 atom stereocenters. The molecule has 0 aromatic rings. The van der Waals surface area contributed by atoms with Crippen molar-refractivity contribution in [3.63, 3.8) is 0 Å². The molecule has 0 aliphatic carbocycles. The Bertz CT molecular complexity index is 1100. The Kier molecular flexibility index (Phi) is 65.8. The number of unbranched alkanes of at least 4 members (excludes halogenated alkanes) is 40. The van der Waals surface area contributed by atoms with E-state index in [4.69, 9.17) is 18.1 Å². The summed E-state index contributed by atoms with van der Waals surface area (Å²) >= 11 is 0. The summed E-state index contributed by atoms with van der Waals surface area (Å²) in [5.41, 5.74) is 0. The first-order chi connectivity index (χ1) is 36.2. The van der Waals surface area contributed by atoms with E-state index >= 15 is 0 Å². The third-order valence-electron chi connectivity index (χ3n) is 13.6. The molecule has 0 amide bonds. The first-order valence-corrected chi connectivity index (χ1v) is 35.1. The predicted molar refractivity (Wildman–Crippen MR) is 324 cm³/mol. The highest BCUT2D eigenvalue weighted by Crippen LogP contribution is 2.44. The van der Waals surface area contributed by atoms with E-state index in [1.165, 1.54) is 231 Å². The first-order valence-electron chi connectivity index (χ1n) is 32.1. The van der Waals surface area contributed by atoms with E-state index in [0.717, 1.165) is 77.0 Å². The van der Waals surface area contributed by atoms with E-state index in [2.05, 4.69) is 76.3 Å². The van der Waals surface area contributed by atoms with Crippen LogP contribution in [0.1, 0.15) is 336 Å². The molecule has 0 aliphatic rings. The second kappa shape index (κ2) is 64.7. The van der Waals surface area contributed by atoms with Crippen LogP contribution in [0, 0.1) is 0 Å². The van der Waals surface area contributed by atoms with E-state index < -0.39 is 15.6 Å². The van der Waals surface area contributed by atoms with Crippen molar-refractivity contribution in [2.45, 2.75) is 336 Å². The van der Waals surface area contributed by atoms with Crippen LogP contribution in [-0.4, -0.2) is 36.2 Å². The molecule has 74 heavy (non-hydrogen) atoms. The number of hydrogen-bond donors (Lipinski definition) is 2. The average Bonchev–Trinajstić information content (AvgIpc) is 3.38. The number of hydrogen-bond acceptors (Lipinski definition) is 6. The maximum absolute atomic E-state index is 12.0. The Labute approximate surface area is 461 Å². The molecule has 0 rings (SSSR count). The largest absolute Gasteiger partial charge is 0.472 e. The Morgan fingerprint density at radius 2 is 0.365 bits per heavy atom. The van der Waals surface area contributed by atoms with Gasteiger partial charge in [-0.3, -0.25) is 18.1 Å². The lowest BCUT2D eigenvalue weighted by Gasteiger charge is -2.12. The molecule has 0 spiro atoms. The van der Waals surface area contributed by atoms with Crippen molar-refractivity contribution in [1.82, 2.24) is 0 Å². The van der Waals surface area contributed by atoms with Gasteiger partial charge in [0, 0.05) is 0 Å². The summed E-state index contributed by atoms with van der Waals surface area (Å²) in [6.45, 7) is 10.2. The van der Waals surface area contributed by atoms with Crippen LogP contribution in [0.2, 0.25) is 0 Å². The number of phosphoric acid groups is 2. The molecule has 10 heteroatoms. The Hall–Kier alpha value is -0.820. The minimum atomic E-state index is -3.88. The van der Waals surface area contributed by atoms with E-state index in [-0.39, 0.29) is 0 Å². The molecule has 0 aromatic heterocycles. The quantitative estimate of drug-likeness (QED) is 0.0352. The summed E-state index contributed by atoms with van der Waals surface area (Å²) in [5, 5.41) is 0. The highest BCUT2D eigenvalue weighted by atomic mass is 31.2. The molecule has 0 bridgehead atoms. The number of allylic oxidation sites excluding steroid dienone is 8. The van der Waals surface area contributed by atoms with Gasteiger partial charge in [0.15, 0.2) is 0 Å². The lowest BCUT2D eigenvalue weighted by Crippen LogP contribution is -1.99. The maximum atomic E-state index is 12.0. The summed E-state index contributed by atoms with van der Waals surface area (Å²) in [6, 6.07) is 0. The van der Waals surface area contributed by atoms with Crippen LogP contribution < -0.4 is 0 Å². The van der Waals surface area contributed by atoms with Crippen molar-refractivity contribution in [3.05, 3.63) is 48.6 Å². The third-order valence-corrected chi connectivity index (χ3v) is 15.7. The molecule has 2 N–H and O–H groups in total. The fourth-order valence-corrected chi connectivity index (χ4v) is 10.4. The molecule has 0 aliphatic heterocycles. The van der Waals surface area contributed by atoms with Gasteiger partial charge in [-0.25, -0.2) is 9.13 Å². The van der Waals surface area contributed by atoms with E-state index in [0.29, 0.717) is 26.4 Å². The normalized spacial score (nSPS) is 12.4. The molecule has 0 fully saturated rings. The van der Waals surface area contributed by atoms with Crippen LogP contribution in [0.3, 0.4) is 0 Å². The summed E-state index contributed by atoms with van der Waals surface area (Å²) in [6.07, 6.45) is 77.0. The third kappa shape index (κ3) is 69.2. The van der Waals surface area contributed by atoms with Crippen molar-refractivity contribution in [2.24, 2.45) is 0 Å². The van der Waals surface area contributed by atoms with Gasteiger partial charge in [0.25, 0.3) is 0 Å². The van der Waals surface area contributed by atoms with Gasteiger partial charge in [0.1, 0.15) is 0 Å². The molecule has 0 heterocycles. The molecule has 8 nitrogen and oxygen atoms in total. The van der Waals surface area contributed by atoms with Crippen LogP contribution in [0.15, 0.2) is 48.6 Å². The number of phosphoric ester groups is 2. The maximum Gasteiger partial charge on any atom is 0.472 e. The van der Waals surface area contributed by atoms with Gasteiger partial charge in [0.2, 0.25) is 0 Å². The Balaban J connectivity index is 0. The summed E-state index contributed by atoms with van der Waals surface area (Å²) in [4.78, 5) is 19.6. The second-order valence-corrected chi connectivity index (χ2v) is 24.1. The number of rotatable bonds is 60. The van der Waals surface area contributed by atoms with E-state index in [9.17, 15) is 18.9 Å². The summed E-state index contributed by atoms with van der Waals surface area (Å²) in [5.74, 6) is 0. The van der Waals surface area contributed by atoms with Crippen LogP contribution in [0.4, 0.5) is 0 Å². The van der Waals surface area contributed by atoms with Gasteiger partial charge in [-0.05, 0) is 128 Å². The van der Waals surface area contributed by atoms with Crippen molar-refractivity contribution < 1.29 is 37.0 Å². The van der Waals surface area contributed by atoms with Crippen molar-refractivity contribution >= 4 is 15.6 Å². The lowest BCUT2D eigenvalue weighted by molar-refractivity contribution is 0.144. The standard InChI is InChI=1S/2C32H63O4P/c2*1-3-5-7-9-11-13-15-17-19-21-23-25-27-29-31-35-37(33,34)36-32-30-28-26-24-22-20-18-16-14-12-10-8-6-4-2/h2*13-16H,3-12,17-32H2,1-2H3,(H,33,34)/b2*15-13-,16-14-. The van der Waals surface area contributed by atoms with Crippen molar-refractivity contribution in [2.75, 3.05) is 26.4 Å². The monoisotopic (exact) mass is 1080 g/mol. The van der Waals surface area contributed by atoms with Gasteiger partial charge in [0.05, 0.1) is 26.4 Å². The minimum Gasteiger partial charge on any atom is -0.302 e. The van der Waals surface area contributed by atoms with Gasteiger partial charge < -0.3 is 9.79 Å². The summed E-state index contributed by atoms with van der Waals surface area (Å²) in [7, 11) is -7.76. The molecule has 0 unspecified atom stereocenters. The van der Waals surface area contributed by atoms with Crippen molar-refractivity contribution in [1.29, 1.82) is 0 Å². The molecular weight excluding hydrogens is 959 g/mol. The van der Waals surface area contributed by atoms with Crippen LogP contribution in [0.25, 0.3) is 0 Å². The van der Waals surface area contributed by atoms with Gasteiger partial charge >= 0.3 is 15.6 Å². The highest BCUT2D eigenvalue weighted by Gasteiger charge is 2.21. The second-order valence-electron chi connectivity index (χ2n) is 21.2. The van der Waals surface area contributed by atoms with Crippen LogP contribution >= 0.6 is 15.6 Å². The zero-order chi connectivity index (χ0) is 54.3. The fraction of sp³-hybridized carbons (Fsp3) is 0.875. The predicted octanol–water partition coefficient (Wildman–Crippen LogP) is 23.3. The minimum absolute atomic E-state index is 0.307. The van der Waals surface area contributed by atoms with E-state index in [1.54, 1.807) is 0 Å². The Morgan fingerprint density at radius 1 is 0.230 bits per heavy atom. The van der Waals surface area contributed by atoms with Gasteiger partial charge in [-0.15, -0.1) is 0 Å². The lowest BCUT2D eigenvalue weighted by atomic mass is 10.1. The SMILES string of the molecule is CCCCCC/C=C\CCCCCCCCOP(=O)(O)OCCCCCCCC/C=C\CCCCCC.CCCCCC/C=C\CCCCCCCCOP(=O)(O)OCCCCCCCC/C=C\CCCCCC. The van der Waals surface area contributed by atoms with Gasteiger partial charge in [-0.2, -0.15) is 0 Å². The van der Waals surface area contributed by atoms with E-state index in [1.807, 2.05) is 0 Å². The molecule has 0 saturated carbocycles. The zero-order valence-electron chi connectivity index (χ0n) is 49.6. The first kappa shape index (κ1) is 75.3. The molecular formula is C64H126O8P2. The topological polar surface area (TPSA) is 112 Å². The Morgan fingerprint density at radius 3 is 0.527 bits per heavy atom. The molecule has 0 aromatic carbocycles. The zero-order valence-corrected chi connectivity index (χ0v) is 51.4.